The molecule has 3 rings (SSSR count). The predicted octanol–water partition coefficient (Wildman–Crippen LogP) is 3.96. The Kier molecular flexibility index (Phi) is 5.89. The van der Waals surface area contributed by atoms with Crippen molar-refractivity contribution in [3.63, 3.8) is 0 Å². The molecule has 1 aliphatic heterocycles. The molecular formula is C18H24ClN3O3S. The fourth-order valence-electron chi connectivity index (χ4n) is 3.20. The van der Waals surface area contributed by atoms with E-state index in [9.17, 15) is 8.42 Å². The average molecular weight is 398 g/mol. The van der Waals surface area contributed by atoms with Crippen molar-refractivity contribution in [1.82, 2.24) is 9.78 Å². The Morgan fingerprint density at radius 2 is 2.12 bits per heavy atom. The van der Waals surface area contributed by atoms with Gasteiger partial charge in [-0.3, -0.25) is 4.72 Å². The SMILES string of the molecule is CC(C)c1c(NS(=O)(=O)C[C@H]2CCCCO2)cnn1-c1ccccc1Cl. The Morgan fingerprint density at radius 1 is 1.35 bits per heavy atom. The van der Waals surface area contributed by atoms with Gasteiger partial charge in [-0.2, -0.15) is 5.10 Å². The Labute approximate surface area is 159 Å². The molecule has 142 valence electrons. The highest BCUT2D eigenvalue weighted by molar-refractivity contribution is 7.92. The highest BCUT2D eigenvalue weighted by Crippen LogP contribution is 2.30. The fraction of sp³-hybridized carbons (Fsp3) is 0.500. The van der Waals surface area contributed by atoms with Crippen molar-refractivity contribution in [3.8, 4) is 5.69 Å². The summed E-state index contributed by atoms with van der Waals surface area (Å²) >= 11 is 6.29. The third-order valence-corrected chi connectivity index (χ3v) is 6.04. The molecule has 2 aromatic rings. The molecule has 0 amide bonds. The summed E-state index contributed by atoms with van der Waals surface area (Å²) in [6.07, 6.45) is 4.06. The molecule has 0 bridgehead atoms. The zero-order chi connectivity index (χ0) is 18.7. The number of ether oxygens (including phenoxy) is 1. The van der Waals surface area contributed by atoms with Gasteiger partial charge in [0.15, 0.2) is 0 Å². The van der Waals surface area contributed by atoms with Gasteiger partial charge in [-0.05, 0) is 37.3 Å². The summed E-state index contributed by atoms with van der Waals surface area (Å²) in [5.74, 6) is 0.0133. The number of hydrogen-bond donors (Lipinski definition) is 1. The summed E-state index contributed by atoms with van der Waals surface area (Å²) in [5.41, 5.74) is 1.97. The minimum absolute atomic E-state index is 0.0399. The van der Waals surface area contributed by atoms with Gasteiger partial charge in [0.1, 0.15) is 0 Å². The van der Waals surface area contributed by atoms with E-state index in [0.29, 0.717) is 17.3 Å². The van der Waals surface area contributed by atoms with Crippen LogP contribution in [0, 0.1) is 0 Å². The van der Waals surface area contributed by atoms with Gasteiger partial charge >= 0.3 is 0 Å². The number of rotatable bonds is 6. The van der Waals surface area contributed by atoms with Gasteiger partial charge in [0.05, 0.1) is 40.1 Å². The normalized spacial score (nSPS) is 18.2. The second-order valence-electron chi connectivity index (χ2n) is 6.83. The van der Waals surface area contributed by atoms with Crippen molar-refractivity contribution < 1.29 is 13.2 Å². The van der Waals surface area contributed by atoms with Crippen molar-refractivity contribution in [2.75, 3.05) is 17.1 Å². The fourth-order valence-corrected chi connectivity index (χ4v) is 4.74. The van der Waals surface area contributed by atoms with E-state index in [4.69, 9.17) is 16.3 Å². The molecule has 1 aromatic carbocycles. The molecule has 1 saturated heterocycles. The quantitative estimate of drug-likeness (QED) is 0.800. The standard InChI is InChI=1S/C18H24ClN3O3S/c1-13(2)18-16(11-20-22(18)17-9-4-3-8-15(17)19)21-26(23,24)12-14-7-5-6-10-25-14/h3-4,8-9,11,13-14,21H,5-7,10,12H2,1-2H3/t14-/m1/s1. The third-order valence-electron chi connectivity index (χ3n) is 4.38. The zero-order valence-electron chi connectivity index (χ0n) is 15.0. The van der Waals surface area contributed by atoms with Gasteiger partial charge in [0, 0.05) is 6.61 Å². The number of nitrogens with one attached hydrogen (secondary N) is 1. The van der Waals surface area contributed by atoms with Crippen LogP contribution in [0.15, 0.2) is 30.5 Å². The zero-order valence-corrected chi connectivity index (χ0v) is 16.6. The summed E-state index contributed by atoms with van der Waals surface area (Å²) in [6, 6.07) is 7.36. The molecule has 0 unspecified atom stereocenters. The molecule has 2 heterocycles. The van der Waals surface area contributed by atoms with E-state index >= 15 is 0 Å². The van der Waals surface area contributed by atoms with E-state index in [-0.39, 0.29) is 17.8 Å². The Hall–Kier alpha value is -1.57. The van der Waals surface area contributed by atoms with E-state index in [1.165, 1.54) is 6.20 Å². The highest BCUT2D eigenvalue weighted by Gasteiger charge is 2.25. The monoisotopic (exact) mass is 397 g/mol. The molecule has 0 radical (unpaired) electrons. The van der Waals surface area contributed by atoms with Crippen LogP contribution in [0.5, 0.6) is 0 Å². The maximum absolute atomic E-state index is 12.6. The molecule has 1 aromatic heterocycles. The number of sulfonamides is 1. The van der Waals surface area contributed by atoms with Crippen molar-refractivity contribution >= 4 is 27.3 Å². The predicted molar refractivity (Wildman–Crippen MR) is 104 cm³/mol. The topological polar surface area (TPSA) is 73.2 Å². The number of hydrogen-bond acceptors (Lipinski definition) is 4. The Balaban J connectivity index is 1.87. The number of para-hydroxylation sites is 1. The molecule has 0 aliphatic carbocycles. The first-order valence-electron chi connectivity index (χ1n) is 8.82. The van der Waals surface area contributed by atoms with E-state index in [1.54, 1.807) is 10.7 Å². The lowest BCUT2D eigenvalue weighted by Crippen LogP contribution is -2.31. The Bertz CT molecular complexity index is 858. The lowest BCUT2D eigenvalue weighted by Gasteiger charge is -2.22. The molecule has 0 saturated carbocycles. The van der Waals surface area contributed by atoms with Gasteiger partial charge in [0.25, 0.3) is 0 Å². The molecule has 1 fully saturated rings. The van der Waals surface area contributed by atoms with Gasteiger partial charge in [0.2, 0.25) is 10.0 Å². The van der Waals surface area contributed by atoms with Crippen LogP contribution in [-0.4, -0.2) is 36.7 Å². The van der Waals surface area contributed by atoms with Crippen LogP contribution in [0.1, 0.15) is 44.7 Å². The van der Waals surface area contributed by atoms with E-state index in [1.807, 2.05) is 32.0 Å². The third kappa shape index (κ3) is 4.39. The number of nitrogens with zero attached hydrogens (tertiary/aromatic N) is 2. The summed E-state index contributed by atoms with van der Waals surface area (Å²) in [4.78, 5) is 0. The Morgan fingerprint density at radius 3 is 2.77 bits per heavy atom. The molecule has 8 heteroatoms. The molecule has 26 heavy (non-hydrogen) atoms. The first-order chi connectivity index (χ1) is 12.4. The van der Waals surface area contributed by atoms with Crippen molar-refractivity contribution in [2.24, 2.45) is 0 Å². The van der Waals surface area contributed by atoms with Crippen molar-refractivity contribution in [3.05, 3.63) is 41.2 Å². The smallest absolute Gasteiger partial charge is 0.235 e. The first kappa shape index (κ1) is 19.2. The second-order valence-corrected chi connectivity index (χ2v) is 9.01. The number of halogens is 1. The average Bonchev–Trinajstić information content (AvgIpc) is 2.98. The first-order valence-corrected chi connectivity index (χ1v) is 10.9. The molecule has 1 N–H and O–H groups in total. The van der Waals surface area contributed by atoms with Gasteiger partial charge < -0.3 is 4.74 Å². The summed E-state index contributed by atoms with van der Waals surface area (Å²) in [6.45, 7) is 4.61. The second kappa shape index (κ2) is 7.98. The van der Waals surface area contributed by atoms with E-state index in [2.05, 4.69) is 9.82 Å². The van der Waals surface area contributed by atoms with E-state index in [0.717, 1.165) is 30.6 Å². The van der Waals surface area contributed by atoms with Crippen LogP contribution >= 0.6 is 11.6 Å². The van der Waals surface area contributed by atoms with Crippen LogP contribution in [0.4, 0.5) is 5.69 Å². The van der Waals surface area contributed by atoms with Crippen molar-refractivity contribution in [1.29, 1.82) is 0 Å². The minimum Gasteiger partial charge on any atom is -0.377 e. The number of anilines is 1. The van der Waals surface area contributed by atoms with Crippen LogP contribution in [0.2, 0.25) is 5.02 Å². The lowest BCUT2D eigenvalue weighted by molar-refractivity contribution is 0.0306. The summed E-state index contributed by atoms with van der Waals surface area (Å²) in [5, 5.41) is 4.93. The van der Waals surface area contributed by atoms with Gasteiger partial charge in [-0.1, -0.05) is 37.6 Å². The van der Waals surface area contributed by atoms with Crippen LogP contribution < -0.4 is 4.72 Å². The van der Waals surface area contributed by atoms with Gasteiger partial charge in [-0.15, -0.1) is 0 Å². The molecule has 0 spiro atoms. The van der Waals surface area contributed by atoms with Crippen LogP contribution in [-0.2, 0) is 14.8 Å². The maximum Gasteiger partial charge on any atom is 0.235 e. The highest BCUT2D eigenvalue weighted by atomic mass is 35.5. The summed E-state index contributed by atoms with van der Waals surface area (Å²) < 4.78 is 35.2. The number of benzene rings is 1. The van der Waals surface area contributed by atoms with Crippen LogP contribution in [0.25, 0.3) is 5.69 Å². The van der Waals surface area contributed by atoms with Crippen LogP contribution in [0.3, 0.4) is 0 Å². The van der Waals surface area contributed by atoms with Gasteiger partial charge in [-0.25, -0.2) is 13.1 Å². The number of aromatic nitrogens is 2. The molecular weight excluding hydrogens is 374 g/mol. The lowest BCUT2D eigenvalue weighted by atomic mass is 10.1. The molecule has 6 nitrogen and oxygen atoms in total. The minimum atomic E-state index is -3.53. The molecule has 1 atom stereocenters. The molecule has 1 aliphatic rings. The van der Waals surface area contributed by atoms with E-state index < -0.39 is 10.0 Å². The summed E-state index contributed by atoms with van der Waals surface area (Å²) in [7, 11) is -3.53. The van der Waals surface area contributed by atoms with Crippen molar-refractivity contribution in [2.45, 2.75) is 45.1 Å². The largest absolute Gasteiger partial charge is 0.377 e. The maximum atomic E-state index is 12.6.